The zero-order valence-electron chi connectivity index (χ0n) is 54.5. The lowest BCUT2D eigenvalue weighted by Crippen LogP contribution is -2.30. The second-order valence-corrected chi connectivity index (χ2v) is 23.8. The maximum Gasteiger partial charge on any atom is 0.306 e. The van der Waals surface area contributed by atoms with E-state index in [1.807, 2.05) is 0 Å². The molecule has 0 spiro atoms. The van der Waals surface area contributed by atoms with Gasteiger partial charge in [0.15, 0.2) is 6.10 Å². The number of rotatable bonds is 65. The van der Waals surface area contributed by atoms with Crippen LogP contribution in [-0.2, 0) is 28.6 Å². The van der Waals surface area contributed by atoms with Crippen molar-refractivity contribution in [2.45, 2.75) is 367 Å². The Labute approximate surface area is 509 Å². The van der Waals surface area contributed by atoms with Crippen LogP contribution in [0.4, 0.5) is 0 Å². The van der Waals surface area contributed by atoms with E-state index in [1.54, 1.807) is 0 Å². The van der Waals surface area contributed by atoms with Gasteiger partial charge in [-0.15, -0.1) is 0 Å². The average molecular weight is 1140 g/mol. The lowest BCUT2D eigenvalue weighted by atomic mass is 10.0. The van der Waals surface area contributed by atoms with Crippen molar-refractivity contribution in [3.05, 3.63) is 85.1 Å². The fraction of sp³-hybridized carbons (Fsp3) is 0.776. The van der Waals surface area contributed by atoms with E-state index in [1.165, 1.54) is 225 Å². The summed E-state index contributed by atoms with van der Waals surface area (Å²) in [6.45, 7) is 6.57. The standard InChI is InChI=1S/C76H134O6/c1-4-7-10-13-16-19-22-25-27-29-31-33-35-36-37-38-39-40-42-43-45-47-49-51-54-57-60-63-66-69-75(78)81-72-73(71-80-74(77)68-65-62-59-56-53-24-21-18-15-12-9-6-3)82-76(79)70-67-64-61-58-55-52-50-48-46-44-41-34-32-30-28-26-23-20-17-14-11-8-5-2/h7,10,16,19,25,27,30-33,36-37,39-40,73H,4-6,8-9,11-15,17-18,20-24,26,28-29,34-35,38,41-72H2,1-3H3/b10-7-,19-16-,27-25-,32-30-,33-31-,37-36-,40-39-. The molecule has 0 saturated carbocycles. The van der Waals surface area contributed by atoms with Crippen molar-refractivity contribution in [1.82, 2.24) is 0 Å². The number of hydrogen-bond donors (Lipinski definition) is 0. The van der Waals surface area contributed by atoms with Crippen LogP contribution in [0.1, 0.15) is 361 Å². The fourth-order valence-corrected chi connectivity index (χ4v) is 10.3. The maximum atomic E-state index is 13.0. The van der Waals surface area contributed by atoms with Crippen molar-refractivity contribution in [1.29, 1.82) is 0 Å². The molecular weight excluding hydrogens is 1010 g/mol. The average Bonchev–Trinajstić information content (AvgIpc) is 3.47. The van der Waals surface area contributed by atoms with Gasteiger partial charge in [0, 0.05) is 19.3 Å². The smallest absolute Gasteiger partial charge is 0.306 e. The van der Waals surface area contributed by atoms with Crippen LogP contribution in [0.3, 0.4) is 0 Å². The topological polar surface area (TPSA) is 78.9 Å². The minimum atomic E-state index is -0.778. The van der Waals surface area contributed by atoms with Crippen molar-refractivity contribution in [3.8, 4) is 0 Å². The third-order valence-corrected chi connectivity index (χ3v) is 15.6. The van der Waals surface area contributed by atoms with Crippen molar-refractivity contribution in [2.75, 3.05) is 13.2 Å². The van der Waals surface area contributed by atoms with Crippen molar-refractivity contribution in [2.24, 2.45) is 0 Å². The van der Waals surface area contributed by atoms with E-state index in [0.717, 1.165) is 96.3 Å². The highest BCUT2D eigenvalue weighted by molar-refractivity contribution is 5.71. The monoisotopic (exact) mass is 1140 g/mol. The second kappa shape index (κ2) is 70.1. The number of esters is 3. The van der Waals surface area contributed by atoms with Crippen LogP contribution in [-0.4, -0.2) is 37.2 Å². The molecule has 0 bridgehead atoms. The molecule has 0 heterocycles. The molecule has 0 fully saturated rings. The lowest BCUT2D eigenvalue weighted by molar-refractivity contribution is -0.167. The van der Waals surface area contributed by atoms with Crippen LogP contribution >= 0.6 is 0 Å². The van der Waals surface area contributed by atoms with Gasteiger partial charge in [-0.2, -0.15) is 0 Å². The van der Waals surface area contributed by atoms with Gasteiger partial charge in [-0.05, 0) is 96.3 Å². The number of hydrogen-bond acceptors (Lipinski definition) is 6. The molecule has 0 radical (unpaired) electrons. The van der Waals surface area contributed by atoms with Crippen LogP contribution in [0.5, 0.6) is 0 Å². The molecule has 82 heavy (non-hydrogen) atoms. The molecule has 0 aliphatic heterocycles. The Hall–Kier alpha value is -3.41. The summed E-state index contributed by atoms with van der Waals surface area (Å²) in [5.41, 5.74) is 0. The predicted octanol–water partition coefficient (Wildman–Crippen LogP) is 24.6. The highest BCUT2D eigenvalue weighted by Crippen LogP contribution is 2.17. The molecule has 0 aromatic carbocycles. The Morgan fingerprint density at radius 2 is 0.476 bits per heavy atom. The summed E-state index contributed by atoms with van der Waals surface area (Å²) >= 11 is 0. The Bertz CT molecular complexity index is 1550. The molecule has 6 heteroatoms. The predicted molar refractivity (Wildman–Crippen MR) is 358 cm³/mol. The lowest BCUT2D eigenvalue weighted by Gasteiger charge is -2.18. The summed E-state index contributed by atoms with van der Waals surface area (Å²) in [7, 11) is 0. The molecule has 0 amide bonds. The molecule has 6 nitrogen and oxygen atoms in total. The van der Waals surface area contributed by atoms with E-state index in [-0.39, 0.29) is 31.1 Å². The van der Waals surface area contributed by atoms with E-state index in [2.05, 4.69) is 106 Å². The van der Waals surface area contributed by atoms with Crippen molar-refractivity contribution < 1.29 is 28.6 Å². The molecule has 0 saturated heterocycles. The third-order valence-electron chi connectivity index (χ3n) is 15.6. The van der Waals surface area contributed by atoms with Gasteiger partial charge in [-0.25, -0.2) is 0 Å². The zero-order chi connectivity index (χ0) is 59.2. The molecule has 1 unspecified atom stereocenters. The van der Waals surface area contributed by atoms with Gasteiger partial charge in [0.25, 0.3) is 0 Å². The van der Waals surface area contributed by atoms with Crippen LogP contribution in [0, 0.1) is 0 Å². The molecule has 0 N–H and O–H groups in total. The summed E-state index contributed by atoms with van der Waals surface area (Å²) in [6, 6.07) is 0. The number of ether oxygens (including phenoxy) is 3. The summed E-state index contributed by atoms with van der Waals surface area (Å²) in [5, 5.41) is 0. The number of unbranched alkanes of at least 4 members (excludes halogenated alkanes) is 40. The summed E-state index contributed by atoms with van der Waals surface area (Å²) in [4.78, 5) is 38.4. The van der Waals surface area contributed by atoms with Gasteiger partial charge >= 0.3 is 17.9 Å². The Morgan fingerprint density at radius 3 is 0.756 bits per heavy atom. The summed E-state index contributed by atoms with van der Waals surface area (Å²) in [6.07, 6.45) is 93.2. The van der Waals surface area contributed by atoms with E-state index in [0.29, 0.717) is 19.3 Å². The van der Waals surface area contributed by atoms with E-state index in [4.69, 9.17) is 14.2 Å². The molecule has 0 aliphatic rings. The first-order valence-corrected chi connectivity index (χ1v) is 35.6. The Morgan fingerprint density at radius 1 is 0.256 bits per heavy atom. The van der Waals surface area contributed by atoms with Gasteiger partial charge in [0.2, 0.25) is 0 Å². The first-order chi connectivity index (χ1) is 40.5. The summed E-state index contributed by atoms with van der Waals surface area (Å²) < 4.78 is 17.0. The van der Waals surface area contributed by atoms with Gasteiger partial charge in [0.1, 0.15) is 13.2 Å². The SMILES string of the molecule is CC/C=C\C/C=C\C/C=C\C/C=C\C/C=C\C/C=C\CCCCCCCCCCCCC(=O)OCC(COC(=O)CCCCCCCCCCCCCC)OC(=O)CCCCCCCCCCCCC/C=C\CCCCCCCCCC. The van der Waals surface area contributed by atoms with Crippen molar-refractivity contribution in [3.63, 3.8) is 0 Å². The molecule has 0 aromatic heterocycles. The largest absolute Gasteiger partial charge is 0.462 e. The second-order valence-electron chi connectivity index (χ2n) is 23.8. The normalized spacial score (nSPS) is 12.6. The van der Waals surface area contributed by atoms with E-state index in [9.17, 15) is 14.4 Å². The molecule has 0 aromatic rings. The first kappa shape index (κ1) is 78.6. The summed E-state index contributed by atoms with van der Waals surface area (Å²) in [5.74, 6) is -0.860. The van der Waals surface area contributed by atoms with Gasteiger partial charge in [-0.1, -0.05) is 331 Å². The third kappa shape index (κ3) is 67.4. The molecule has 0 aliphatic carbocycles. The quantitative estimate of drug-likeness (QED) is 0.0261. The van der Waals surface area contributed by atoms with Crippen LogP contribution in [0.2, 0.25) is 0 Å². The number of allylic oxidation sites excluding steroid dienone is 14. The minimum Gasteiger partial charge on any atom is -0.462 e. The minimum absolute atomic E-state index is 0.0734. The van der Waals surface area contributed by atoms with E-state index < -0.39 is 6.10 Å². The van der Waals surface area contributed by atoms with Gasteiger partial charge in [-0.3, -0.25) is 14.4 Å². The molecular formula is C76H134O6. The van der Waals surface area contributed by atoms with Crippen LogP contribution in [0.25, 0.3) is 0 Å². The molecule has 0 rings (SSSR count). The van der Waals surface area contributed by atoms with Crippen molar-refractivity contribution >= 4 is 17.9 Å². The highest BCUT2D eigenvalue weighted by atomic mass is 16.6. The fourth-order valence-electron chi connectivity index (χ4n) is 10.3. The molecule has 474 valence electrons. The Balaban J connectivity index is 4.25. The van der Waals surface area contributed by atoms with Gasteiger partial charge in [0.05, 0.1) is 0 Å². The Kier molecular flexibility index (Phi) is 67.2. The number of carbonyl (C=O) groups excluding carboxylic acids is 3. The maximum absolute atomic E-state index is 13.0. The first-order valence-electron chi connectivity index (χ1n) is 35.6. The number of carbonyl (C=O) groups is 3. The van der Waals surface area contributed by atoms with E-state index >= 15 is 0 Å². The van der Waals surface area contributed by atoms with Crippen LogP contribution in [0.15, 0.2) is 85.1 Å². The highest BCUT2D eigenvalue weighted by Gasteiger charge is 2.19. The van der Waals surface area contributed by atoms with Crippen LogP contribution < -0.4 is 0 Å². The zero-order valence-corrected chi connectivity index (χ0v) is 54.5. The molecule has 1 atom stereocenters. The van der Waals surface area contributed by atoms with Gasteiger partial charge < -0.3 is 14.2 Å².